The minimum atomic E-state index is -0.221. The largest absolute Gasteiger partial charge is 0.330 e. The Hall–Kier alpha value is -0.930. The number of rotatable bonds is 3. The van der Waals surface area contributed by atoms with E-state index in [1.807, 2.05) is 6.92 Å². The van der Waals surface area contributed by atoms with Gasteiger partial charge in [0.25, 0.3) is 0 Å². The van der Waals surface area contributed by atoms with Crippen molar-refractivity contribution in [3.05, 3.63) is 35.1 Å². The van der Waals surface area contributed by atoms with E-state index in [1.165, 1.54) is 12.1 Å². The molecule has 2 nitrogen and oxygen atoms in total. The van der Waals surface area contributed by atoms with Crippen LogP contribution in [0.2, 0.25) is 0 Å². The van der Waals surface area contributed by atoms with Gasteiger partial charge in [-0.1, -0.05) is 6.07 Å². The van der Waals surface area contributed by atoms with Crippen molar-refractivity contribution in [3.8, 4) is 0 Å². The van der Waals surface area contributed by atoms with Gasteiger partial charge >= 0.3 is 0 Å². The Morgan fingerprint density at radius 1 is 1.46 bits per heavy atom. The summed E-state index contributed by atoms with van der Waals surface area (Å²) in [6.45, 7) is 2.41. The Kier molecular flexibility index (Phi) is 3.39. The molecule has 0 aliphatic heterocycles. The van der Waals surface area contributed by atoms with Gasteiger partial charge in [-0.3, -0.25) is 0 Å². The quantitative estimate of drug-likeness (QED) is 0.744. The Morgan fingerprint density at radius 2 is 2.15 bits per heavy atom. The van der Waals surface area contributed by atoms with Gasteiger partial charge in [-0.25, -0.2) is 4.39 Å². The van der Waals surface area contributed by atoms with Gasteiger partial charge in [0.2, 0.25) is 0 Å². The summed E-state index contributed by atoms with van der Waals surface area (Å²) < 4.78 is 12.7. The predicted octanol–water partition coefficient (Wildman–Crippen LogP) is 1.48. The summed E-state index contributed by atoms with van der Waals surface area (Å²) >= 11 is 0. The molecule has 0 amide bonds. The third kappa shape index (κ3) is 2.50. The third-order valence-corrected chi connectivity index (χ3v) is 2.11. The minimum Gasteiger partial charge on any atom is -0.330 e. The van der Waals surface area contributed by atoms with E-state index in [0.717, 1.165) is 17.5 Å². The number of benzene rings is 1. The average molecular weight is 182 g/mol. The van der Waals surface area contributed by atoms with E-state index in [4.69, 9.17) is 11.5 Å². The minimum absolute atomic E-state index is 0.0781. The van der Waals surface area contributed by atoms with Gasteiger partial charge in [0.05, 0.1) is 0 Å². The Balaban J connectivity index is 2.88. The first kappa shape index (κ1) is 10.2. The number of nitrogens with two attached hydrogens (primary N) is 2. The molecule has 0 aromatic heterocycles. The maximum absolute atomic E-state index is 12.7. The summed E-state index contributed by atoms with van der Waals surface area (Å²) in [5.41, 5.74) is 13.1. The molecule has 13 heavy (non-hydrogen) atoms. The highest BCUT2D eigenvalue weighted by Gasteiger charge is 2.07. The Bertz CT molecular complexity index is 286. The molecule has 0 saturated heterocycles. The summed E-state index contributed by atoms with van der Waals surface area (Å²) in [6.07, 6.45) is 0.729. The topological polar surface area (TPSA) is 52.0 Å². The molecule has 1 atom stereocenters. The number of halogens is 1. The van der Waals surface area contributed by atoms with Crippen LogP contribution in [0.15, 0.2) is 18.2 Å². The fourth-order valence-electron chi connectivity index (χ4n) is 1.39. The first-order valence-corrected chi connectivity index (χ1v) is 4.37. The molecule has 0 fully saturated rings. The molecule has 0 aliphatic carbocycles. The molecule has 4 N–H and O–H groups in total. The fourth-order valence-corrected chi connectivity index (χ4v) is 1.39. The van der Waals surface area contributed by atoms with Crippen molar-refractivity contribution in [3.63, 3.8) is 0 Å². The van der Waals surface area contributed by atoms with E-state index < -0.39 is 0 Å². The first-order valence-electron chi connectivity index (χ1n) is 4.37. The molecular weight excluding hydrogens is 167 g/mol. The molecule has 1 rings (SSSR count). The summed E-state index contributed by atoms with van der Waals surface area (Å²) in [5.74, 6) is -0.221. The highest BCUT2D eigenvalue weighted by molar-refractivity contribution is 5.29. The lowest BCUT2D eigenvalue weighted by Crippen LogP contribution is -2.16. The standard InChI is InChI=1S/C10H15FN2/c1-7-6-8(11)2-3-9(7)10(13)4-5-12/h2-3,6,10H,4-5,12-13H2,1H3/t10-/m0/s1. The van der Waals surface area contributed by atoms with Crippen molar-refractivity contribution in [2.24, 2.45) is 11.5 Å². The SMILES string of the molecule is Cc1cc(F)ccc1[C@@H](N)CCN. The number of hydrogen-bond acceptors (Lipinski definition) is 2. The average Bonchev–Trinajstić information content (AvgIpc) is 2.04. The van der Waals surface area contributed by atoms with E-state index >= 15 is 0 Å². The van der Waals surface area contributed by atoms with Crippen molar-refractivity contribution in [1.29, 1.82) is 0 Å². The molecule has 1 aromatic rings. The van der Waals surface area contributed by atoms with Crippen LogP contribution in [0.3, 0.4) is 0 Å². The second-order valence-electron chi connectivity index (χ2n) is 3.18. The third-order valence-electron chi connectivity index (χ3n) is 2.11. The van der Waals surface area contributed by atoms with Gasteiger partial charge in [-0.05, 0) is 43.1 Å². The lowest BCUT2D eigenvalue weighted by molar-refractivity contribution is 0.618. The number of hydrogen-bond donors (Lipinski definition) is 2. The highest BCUT2D eigenvalue weighted by atomic mass is 19.1. The summed E-state index contributed by atoms with van der Waals surface area (Å²) in [4.78, 5) is 0. The Morgan fingerprint density at radius 3 is 2.69 bits per heavy atom. The van der Waals surface area contributed by atoms with E-state index in [9.17, 15) is 4.39 Å². The summed E-state index contributed by atoms with van der Waals surface area (Å²) in [6, 6.07) is 4.57. The van der Waals surface area contributed by atoms with Crippen LogP contribution in [0.5, 0.6) is 0 Å². The van der Waals surface area contributed by atoms with Gasteiger partial charge in [0.1, 0.15) is 5.82 Å². The molecule has 0 spiro atoms. The smallest absolute Gasteiger partial charge is 0.123 e. The zero-order valence-corrected chi connectivity index (χ0v) is 7.76. The van der Waals surface area contributed by atoms with Gasteiger partial charge in [-0.2, -0.15) is 0 Å². The fraction of sp³-hybridized carbons (Fsp3) is 0.400. The van der Waals surface area contributed by atoms with Crippen molar-refractivity contribution in [1.82, 2.24) is 0 Å². The van der Waals surface area contributed by atoms with Crippen LogP contribution in [0.1, 0.15) is 23.6 Å². The molecule has 72 valence electrons. The van der Waals surface area contributed by atoms with Crippen LogP contribution in [-0.2, 0) is 0 Å². The highest BCUT2D eigenvalue weighted by Crippen LogP contribution is 2.18. The van der Waals surface area contributed by atoms with Gasteiger partial charge in [-0.15, -0.1) is 0 Å². The maximum Gasteiger partial charge on any atom is 0.123 e. The lowest BCUT2D eigenvalue weighted by Gasteiger charge is -2.13. The van der Waals surface area contributed by atoms with E-state index in [2.05, 4.69) is 0 Å². The van der Waals surface area contributed by atoms with Crippen LogP contribution in [0, 0.1) is 12.7 Å². The molecule has 0 radical (unpaired) electrons. The maximum atomic E-state index is 12.7. The van der Waals surface area contributed by atoms with E-state index in [1.54, 1.807) is 6.07 Å². The second kappa shape index (κ2) is 4.35. The first-order chi connectivity index (χ1) is 6.15. The second-order valence-corrected chi connectivity index (χ2v) is 3.18. The molecule has 0 aliphatic rings. The van der Waals surface area contributed by atoms with Crippen LogP contribution in [-0.4, -0.2) is 6.54 Å². The van der Waals surface area contributed by atoms with Gasteiger partial charge in [0.15, 0.2) is 0 Å². The predicted molar refractivity (Wildman–Crippen MR) is 51.7 cm³/mol. The van der Waals surface area contributed by atoms with Crippen LogP contribution in [0.25, 0.3) is 0 Å². The van der Waals surface area contributed by atoms with Crippen molar-refractivity contribution < 1.29 is 4.39 Å². The zero-order valence-electron chi connectivity index (χ0n) is 7.76. The summed E-state index contributed by atoms with van der Waals surface area (Å²) in [5, 5.41) is 0. The van der Waals surface area contributed by atoms with Crippen molar-refractivity contribution in [2.75, 3.05) is 6.54 Å². The lowest BCUT2D eigenvalue weighted by atomic mass is 9.99. The van der Waals surface area contributed by atoms with Crippen LogP contribution in [0.4, 0.5) is 4.39 Å². The molecule has 0 saturated carbocycles. The Labute approximate surface area is 77.7 Å². The van der Waals surface area contributed by atoms with Crippen molar-refractivity contribution >= 4 is 0 Å². The van der Waals surface area contributed by atoms with Crippen LogP contribution < -0.4 is 11.5 Å². The molecule has 0 bridgehead atoms. The van der Waals surface area contributed by atoms with Gasteiger partial charge in [0, 0.05) is 6.04 Å². The summed E-state index contributed by atoms with van der Waals surface area (Å²) in [7, 11) is 0. The van der Waals surface area contributed by atoms with Crippen molar-refractivity contribution in [2.45, 2.75) is 19.4 Å². The van der Waals surface area contributed by atoms with E-state index in [-0.39, 0.29) is 11.9 Å². The van der Waals surface area contributed by atoms with Gasteiger partial charge < -0.3 is 11.5 Å². The van der Waals surface area contributed by atoms with Crippen LogP contribution >= 0.6 is 0 Å². The monoisotopic (exact) mass is 182 g/mol. The molecule has 1 aromatic carbocycles. The molecule has 3 heteroatoms. The molecule has 0 unspecified atom stereocenters. The molecule has 0 heterocycles. The normalized spacial score (nSPS) is 12.9. The van der Waals surface area contributed by atoms with E-state index in [0.29, 0.717) is 6.54 Å². The zero-order chi connectivity index (χ0) is 9.84. The number of aryl methyl sites for hydroxylation is 1. The molecular formula is C10H15FN2.